The smallest absolute Gasteiger partial charge is 0.236 e. The van der Waals surface area contributed by atoms with Crippen LogP contribution in [0.5, 0.6) is 0 Å². The number of carbonyl (C=O) groups excluding carboxylic acids is 1. The Morgan fingerprint density at radius 2 is 2.06 bits per heavy atom. The van der Waals surface area contributed by atoms with E-state index in [1.807, 2.05) is 4.90 Å². The topological polar surface area (TPSA) is 61.8 Å². The molecule has 2 fully saturated rings. The largest absolute Gasteiger partial charge is 0.394 e. The lowest BCUT2D eigenvalue weighted by Gasteiger charge is -2.41. The van der Waals surface area contributed by atoms with Crippen molar-refractivity contribution >= 4 is 5.91 Å². The van der Waals surface area contributed by atoms with E-state index in [0.29, 0.717) is 32.8 Å². The molecule has 0 atom stereocenters. The molecule has 0 aromatic carbocycles. The fourth-order valence-corrected chi connectivity index (χ4v) is 2.18. The van der Waals surface area contributed by atoms with Gasteiger partial charge in [0.2, 0.25) is 5.91 Å². The molecule has 1 saturated heterocycles. The molecule has 0 aromatic heterocycles. The van der Waals surface area contributed by atoms with Crippen LogP contribution in [-0.2, 0) is 9.53 Å². The van der Waals surface area contributed by atoms with Gasteiger partial charge >= 0.3 is 0 Å². The second kappa shape index (κ2) is 5.12. The summed E-state index contributed by atoms with van der Waals surface area (Å²) in [6.45, 7) is 3.11. The van der Waals surface area contributed by atoms with Gasteiger partial charge in [0.05, 0.1) is 26.4 Å². The zero-order valence-electron chi connectivity index (χ0n) is 9.57. The van der Waals surface area contributed by atoms with Crippen LogP contribution in [0.2, 0.25) is 0 Å². The van der Waals surface area contributed by atoms with Crippen LogP contribution in [0, 0.1) is 0 Å². The zero-order valence-corrected chi connectivity index (χ0v) is 9.57. The van der Waals surface area contributed by atoms with Crippen LogP contribution in [0.4, 0.5) is 0 Å². The van der Waals surface area contributed by atoms with E-state index in [1.54, 1.807) is 0 Å². The molecular formula is C11H20N2O3. The van der Waals surface area contributed by atoms with E-state index in [0.717, 1.165) is 19.3 Å². The van der Waals surface area contributed by atoms with Gasteiger partial charge in [-0.15, -0.1) is 0 Å². The Morgan fingerprint density at radius 3 is 2.56 bits per heavy atom. The minimum atomic E-state index is -0.179. The van der Waals surface area contributed by atoms with Crippen LogP contribution >= 0.6 is 0 Å². The SMILES string of the molecule is O=C(CNC1(CO)CCC1)N1CCOCC1. The van der Waals surface area contributed by atoms with Crippen molar-refractivity contribution in [3.63, 3.8) is 0 Å². The molecule has 5 heteroatoms. The quantitative estimate of drug-likeness (QED) is 0.671. The highest BCUT2D eigenvalue weighted by Crippen LogP contribution is 2.30. The normalized spacial score (nSPS) is 23.9. The van der Waals surface area contributed by atoms with Gasteiger partial charge in [-0.05, 0) is 19.3 Å². The number of morpholine rings is 1. The molecule has 92 valence electrons. The van der Waals surface area contributed by atoms with E-state index < -0.39 is 0 Å². The van der Waals surface area contributed by atoms with Gasteiger partial charge < -0.3 is 20.1 Å². The number of amides is 1. The fourth-order valence-electron chi connectivity index (χ4n) is 2.18. The minimum Gasteiger partial charge on any atom is -0.394 e. The maximum Gasteiger partial charge on any atom is 0.236 e. The second-order valence-corrected chi connectivity index (χ2v) is 4.64. The molecule has 5 nitrogen and oxygen atoms in total. The van der Waals surface area contributed by atoms with E-state index in [2.05, 4.69) is 5.32 Å². The highest BCUT2D eigenvalue weighted by Gasteiger charge is 2.36. The summed E-state index contributed by atoms with van der Waals surface area (Å²) < 4.78 is 5.19. The van der Waals surface area contributed by atoms with Gasteiger partial charge in [-0.3, -0.25) is 4.79 Å². The summed E-state index contributed by atoms with van der Waals surface area (Å²) in [5.41, 5.74) is -0.179. The summed E-state index contributed by atoms with van der Waals surface area (Å²) in [6, 6.07) is 0. The summed E-state index contributed by atoms with van der Waals surface area (Å²) in [5, 5.41) is 12.4. The number of hydrogen-bond acceptors (Lipinski definition) is 4. The number of nitrogens with one attached hydrogen (secondary N) is 1. The Kier molecular flexibility index (Phi) is 3.78. The molecule has 0 unspecified atom stereocenters. The molecule has 2 aliphatic rings. The lowest BCUT2D eigenvalue weighted by Crippen LogP contribution is -2.57. The Labute approximate surface area is 95.8 Å². The number of aliphatic hydroxyl groups excluding tert-OH is 1. The number of hydrogen-bond donors (Lipinski definition) is 2. The highest BCUT2D eigenvalue weighted by molar-refractivity contribution is 5.78. The van der Waals surface area contributed by atoms with Gasteiger partial charge in [-0.25, -0.2) is 0 Å². The molecule has 1 aliphatic heterocycles. The van der Waals surface area contributed by atoms with Crippen LogP contribution in [0.25, 0.3) is 0 Å². The molecule has 1 heterocycles. The van der Waals surface area contributed by atoms with Crippen LogP contribution in [0.1, 0.15) is 19.3 Å². The summed E-state index contributed by atoms with van der Waals surface area (Å²) in [6.07, 6.45) is 3.08. The number of nitrogens with zero attached hydrogens (tertiary/aromatic N) is 1. The third kappa shape index (κ3) is 2.53. The van der Waals surface area contributed by atoms with E-state index >= 15 is 0 Å². The Morgan fingerprint density at radius 1 is 1.38 bits per heavy atom. The van der Waals surface area contributed by atoms with Crippen molar-refractivity contribution < 1.29 is 14.6 Å². The molecular weight excluding hydrogens is 208 g/mol. The first-order valence-electron chi connectivity index (χ1n) is 5.97. The molecule has 0 aromatic rings. The number of carbonyl (C=O) groups is 1. The summed E-state index contributed by atoms with van der Waals surface area (Å²) in [4.78, 5) is 13.6. The lowest BCUT2D eigenvalue weighted by molar-refractivity contribution is -0.135. The molecule has 0 bridgehead atoms. The average molecular weight is 228 g/mol. The number of aliphatic hydroxyl groups is 1. The van der Waals surface area contributed by atoms with Crippen LogP contribution < -0.4 is 5.32 Å². The molecule has 2 N–H and O–H groups in total. The lowest BCUT2D eigenvalue weighted by atomic mass is 9.77. The maximum atomic E-state index is 11.8. The van der Waals surface area contributed by atoms with Crippen LogP contribution in [-0.4, -0.2) is 60.9 Å². The third-order valence-electron chi connectivity index (χ3n) is 3.59. The van der Waals surface area contributed by atoms with Crippen molar-refractivity contribution in [2.75, 3.05) is 39.5 Å². The third-order valence-corrected chi connectivity index (χ3v) is 3.59. The van der Waals surface area contributed by atoms with Gasteiger partial charge in [0.1, 0.15) is 0 Å². The molecule has 1 amide bonds. The van der Waals surface area contributed by atoms with Gasteiger partial charge in [0.15, 0.2) is 0 Å². The molecule has 0 radical (unpaired) electrons. The zero-order chi connectivity index (χ0) is 11.4. The van der Waals surface area contributed by atoms with Gasteiger partial charge in [0, 0.05) is 18.6 Å². The number of ether oxygens (including phenoxy) is 1. The standard InChI is InChI=1S/C11H20N2O3/c14-9-11(2-1-3-11)12-8-10(15)13-4-6-16-7-5-13/h12,14H,1-9H2. The summed E-state index contributed by atoms with van der Waals surface area (Å²) in [7, 11) is 0. The van der Waals surface area contributed by atoms with Crippen LogP contribution in [0.3, 0.4) is 0 Å². The average Bonchev–Trinajstić information content (AvgIpc) is 2.29. The monoisotopic (exact) mass is 228 g/mol. The molecule has 0 spiro atoms. The first-order chi connectivity index (χ1) is 7.76. The van der Waals surface area contributed by atoms with E-state index in [1.165, 1.54) is 0 Å². The van der Waals surface area contributed by atoms with Crippen molar-refractivity contribution in [1.29, 1.82) is 0 Å². The van der Waals surface area contributed by atoms with Gasteiger partial charge in [-0.1, -0.05) is 0 Å². The molecule has 2 rings (SSSR count). The van der Waals surface area contributed by atoms with Crippen LogP contribution in [0.15, 0.2) is 0 Å². The molecule has 16 heavy (non-hydrogen) atoms. The minimum absolute atomic E-state index is 0.114. The van der Waals surface area contributed by atoms with E-state index in [-0.39, 0.29) is 18.1 Å². The summed E-state index contributed by atoms with van der Waals surface area (Å²) >= 11 is 0. The highest BCUT2D eigenvalue weighted by atomic mass is 16.5. The molecule has 1 saturated carbocycles. The maximum absolute atomic E-state index is 11.8. The van der Waals surface area contributed by atoms with Crippen molar-refractivity contribution in [2.45, 2.75) is 24.8 Å². The second-order valence-electron chi connectivity index (χ2n) is 4.64. The summed E-state index contributed by atoms with van der Waals surface area (Å²) in [5.74, 6) is 0.114. The first-order valence-corrected chi connectivity index (χ1v) is 5.97. The van der Waals surface area contributed by atoms with E-state index in [9.17, 15) is 9.90 Å². The van der Waals surface area contributed by atoms with Gasteiger partial charge in [-0.2, -0.15) is 0 Å². The van der Waals surface area contributed by atoms with Crippen molar-refractivity contribution in [2.24, 2.45) is 0 Å². The van der Waals surface area contributed by atoms with Gasteiger partial charge in [0.25, 0.3) is 0 Å². The fraction of sp³-hybridized carbons (Fsp3) is 0.909. The Balaban J connectivity index is 1.74. The Hall–Kier alpha value is -0.650. The van der Waals surface area contributed by atoms with Crippen molar-refractivity contribution in [3.05, 3.63) is 0 Å². The predicted octanol–water partition coefficient (Wildman–Crippen LogP) is -0.650. The Bertz CT molecular complexity index is 242. The first kappa shape index (κ1) is 11.8. The molecule has 1 aliphatic carbocycles. The van der Waals surface area contributed by atoms with Crippen molar-refractivity contribution in [1.82, 2.24) is 10.2 Å². The van der Waals surface area contributed by atoms with Crippen molar-refractivity contribution in [3.8, 4) is 0 Å². The predicted molar refractivity (Wildman–Crippen MR) is 59.1 cm³/mol. The number of rotatable bonds is 4. The van der Waals surface area contributed by atoms with E-state index in [4.69, 9.17) is 4.74 Å².